The van der Waals surface area contributed by atoms with Gasteiger partial charge in [-0.25, -0.2) is 0 Å². The Morgan fingerprint density at radius 1 is 1.08 bits per heavy atom. The van der Waals surface area contributed by atoms with Crippen LogP contribution < -0.4 is 9.47 Å². The van der Waals surface area contributed by atoms with Gasteiger partial charge in [0.15, 0.2) is 11.5 Å². The molecule has 1 aromatic rings. The summed E-state index contributed by atoms with van der Waals surface area (Å²) in [4.78, 5) is 30.7. The van der Waals surface area contributed by atoms with Crippen molar-refractivity contribution in [2.24, 2.45) is 0 Å². The molecule has 0 spiro atoms. The van der Waals surface area contributed by atoms with E-state index in [1.54, 1.807) is 4.90 Å². The Labute approximate surface area is 154 Å². The Kier molecular flexibility index (Phi) is 5.98. The number of carbonyl (C=O) groups excluding carboxylic acids is 2. The van der Waals surface area contributed by atoms with Crippen LogP contribution in [-0.4, -0.2) is 85.0 Å². The molecule has 26 heavy (non-hydrogen) atoms. The summed E-state index contributed by atoms with van der Waals surface area (Å²) in [5, 5.41) is 0. The molecule has 1 atom stereocenters. The first-order chi connectivity index (χ1) is 12.6. The number of ether oxygens (including phenoxy) is 2. The van der Waals surface area contributed by atoms with Gasteiger partial charge in [0.1, 0.15) is 6.61 Å². The highest BCUT2D eigenvalue weighted by atomic mass is 16.6. The van der Waals surface area contributed by atoms with Crippen LogP contribution in [0.4, 0.5) is 0 Å². The van der Waals surface area contributed by atoms with Gasteiger partial charge in [0.2, 0.25) is 12.0 Å². The lowest BCUT2D eigenvalue weighted by atomic mass is 10.2. The summed E-state index contributed by atoms with van der Waals surface area (Å²) in [7, 11) is 0. The van der Waals surface area contributed by atoms with E-state index >= 15 is 0 Å². The van der Waals surface area contributed by atoms with E-state index in [-0.39, 0.29) is 18.4 Å². The number of nitrogens with zero attached hydrogens (tertiary/aromatic N) is 3. The summed E-state index contributed by atoms with van der Waals surface area (Å²) >= 11 is 0. The van der Waals surface area contributed by atoms with Gasteiger partial charge in [-0.2, -0.15) is 0 Å². The van der Waals surface area contributed by atoms with Crippen LogP contribution in [0.1, 0.15) is 13.8 Å². The number of fused-ring (bicyclic) bond motifs is 1. The molecule has 3 rings (SSSR count). The van der Waals surface area contributed by atoms with Crippen molar-refractivity contribution in [3.63, 3.8) is 0 Å². The number of amides is 2. The Morgan fingerprint density at radius 2 is 1.73 bits per heavy atom. The Balaban J connectivity index is 1.49. The molecule has 0 aliphatic carbocycles. The standard InChI is InChI=1S/C19H27N3O4/c1-3-21(4-2)18(23)13-20-9-11-22(12-10-20)19(24)17-14-25-15-7-5-6-8-16(15)26-17/h5-8,17H,3-4,9-14H2,1-2H3. The second-order valence-electron chi connectivity index (χ2n) is 6.53. The predicted molar refractivity (Wildman–Crippen MR) is 97.3 cm³/mol. The highest BCUT2D eigenvalue weighted by molar-refractivity contribution is 5.82. The van der Waals surface area contributed by atoms with E-state index in [9.17, 15) is 9.59 Å². The molecule has 142 valence electrons. The summed E-state index contributed by atoms with van der Waals surface area (Å²) in [6.07, 6.45) is -0.603. The molecule has 7 heteroatoms. The van der Waals surface area contributed by atoms with E-state index in [1.165, 1.54) is 0 Å². The van der Waals surface area contributed by atoms with Crippen molar-refractivity contribution in [3.05, 3.63) is 24.3 Å². The van der Waals surface area contributed by atoms with Gasteiger partial charge in [0.05, 0.1) is 6.54 Å². The van der Waals surface area contributed by atoms with Gasteiger partial charge in [-0.05, 0) is 26.0 Å². The predicted octanol–water partition coefficient (Wildman–Crippen LogP) is 0.839. The maximum absolute atomic E-state index is 12.7. The molecule has 1 fully saturated rings. The summed E-state index contributed by atoms with van der Waals surface area (Å²) < 4.78 is 11.4. The van der Waals surface area contributed by atoms with Gasteiger partial charge in [-0.3, -0.25) is 14.5 Å². The molecule has 2 amide bonds. The Morgan fingerprint density at radius 3 is 2.38 bits per heavy atom. The molecule has 1 saturated heterocycles. The fraction of sp³-hybridized carbons (Fsp3) is 0.579. The van der Waals surface area contributed by atoms with Crippen molar-refractivity contribution in [2.75, 3.05) is 52.4 Å². The van der Waals surface area contributed by atoms with Crippen molar-refractivity contribution in [1.29, 1.82) is 0 Å². The maximum Gasteiger partial charge on any atom is 0.267 e. The first kappa shape index (κ1) is 18.5. The quantitative estimate of drug-likeness (QED) is 0.778. The minimum Gasteiger partial charge on any atom is -0.485 e. The van der Waals surface area contributed by atoms with Gasteiger partial charge in [-0.1, -0.05) is 12.1 Å². The van der Waals surface area contributed by atoms with Gasteiger partial charge in [0, 0.05) is 39.3 Å². The SMILES string of the molecule is CCN(CC)C(=O)CN1CCN(C(=O)C2COc3ccccc3O2)CC1. The van der Waals surface area contributed by atoms with Crippen LogP contribution in [0.15, 0.2) is 24.3 Å². The van der Waals surface area contributed by atoms with Gasteiger partial charge >= 0.3 is 0 Å². The smallest absolute Gasteiger partial charge is 0.267 e. The summed E-state index contributed by atoms with van der Waals surface area (Å²) in [5.74, 6) is 1.39. The second-order valence-corrected chi connectivity index (χ2v) is 6.53. The topological polar surface area (TPSA) is 62.3 Å². The average molecular weight is 361 g/mol. The molecule has 0 bridgehead atoms. The molecule has 0 N–H and O–H groups in total. The molecule has 1 unspecified atom stereocenters. The van der Waals surface area contributed by atoms with E-state index in [0.29, 0.717) is 44.2 Å². The van der Waals surface area contributed by atoms with E-state index in [4.69, 9.17) is 9.47 Å². The molecule has 1 aromatic carbocycles. The molecule has 0 aromatic heterocycles. The van der Waals surface area contributed by atoms with Crippen LogP contribution in [0, 0.1) is 0 Å². The summed E-state index contributed by atoms with van der Waals surface area (Å²) in [6.45, 7) is 8.69. The molecule has 7 nitrogen and oxygen atoms in total. The van der Waals surface area contributed by atoms with Gasteiger partial charge in [-0.15, -0.1) is 0 Å². The van der Waals surface area contributed by atoms with E-state index in [0.717, 1.165) is 13.1 Å². The Bertz CT molecular complexity index is 639. The van der Waals surface area contributed by atoms with Crippen molar-refractivity contribution >= 4 is 11.8 Å². The zero-order valence-corrected chi connectivity index (χ0v) is 15.5. The maximum atomic E-state index is 12.7. The van der Waals surface area contributed by atoms with Crippen LogP contribution in [0.2, 0.25) is 0 Å². The van der Waals surface area contributed by atoms with Crippen molar-refractivity contribution < 1.29 is 19.1 Å². The van der Waals surface area contributed by atoms with Crippen LogP contribution >= 0.6 is 0 Å². The first-order valence-electron chi connectivity index (χ1n) is 9.29. The number of hydrogen-bond donors (Lipinski definition) is 0. The van der Waals surface area contributed by atoms with Crippen LogP contribution in [0.5, 0.6) is 11.5 Å². The molecular formula is C19H27N3O4. The van der Waals surface area contributed by atoms with Crippen LogP contribution in [-0.2, 0) is 9.59 Å². The second kappa shape index (κ2) is 8.40. The number of carbonyl (C=O) groups is 2. The normalized spacial score (nSPS) is 19.9. The number of likely N-dealkylation sites (N-methyl/N-ethyl adjacent to an activating group) is 1. The number of rotatable bonds is 5. The van der Waals surface area contributed by atoms with E-state index in [1.807, 2.05) is 43.0 Å². The number of benzene rings is 1. The monoisotopic (exact) mass is 361 g/mol. The Hall–Kier alpha value is -2.28. The van der Waals surface area contributed by atoms with Crippen molar-refractivity contribution in [2.45, 2.75) is 20.0 Å². The molecule has 0 saturated carbocycles. The molecule has 2 aliphatic rings. The zero-order chi connectivity index (χ0) is 18.5. The van der Waals surface area contributed by atoms with Gasteiger partial charge < -0.3 is 19.3 Å². The lowest BCUT2D eigenvalue weighted by Crippen LogP contribution is -2.55. The summed E-state index contributed by atoms with van der Waals surface area (Å²) in [5.41, 5.74) is 0. The van der Waals surface area contributed by atoms with Crippen LogP contribution in [0.3, 0.4) is 0 Å². The number of para-hydroxylation sites is 2. The van der Waals surface area contributed by atoms with Gasteiger partial charge in [0.25, 0.3) is 5.91 Å². The molecule has 0 radical (unpaired) electrons. The third-order valence-electron chi connectivity index (χ3n) is 4.94. The van der Waals surface area contributed by atoms with Crippen LogP contribution in [0.25, 0.3) is 0 Å². The fourth-order valence-corrected chi connectivity index (χ4v) is 3.34. The lowest BCUT2D eigenvalue weighted by Gasteiger charge is -2.37. The van der Waals surface area contributed by atoms with Crippen molar-refractivity contribution in [1.82, 2.24) is 14.7 Å². The van der Waals surface area contributed by atoms with Crippen molar-refractivity contribution in [3.8, 4) is 11.5 Å². The third-order valence-corrected chi connectivity index (χ3v) is 4.94. The minimum atomic E-state index is -0.603. The minimum absolute atomic E-state index is 0.0470. The van der Waals surface area contributed by atoms with E-state index < -0.39 is 6.10 Å². The lowest BCUT2D eigenvalue weighted by molar-refractivity contribution is -0.143. The summed E-state index contributed by atoms with van der Waals surface area (Å²) in [6, 6.07) is 7.39. The first-order valence-corrected chi connectivity index (χ1v) is 9.29. The number of hydrogen-bond acceptors (Lipinski definition) is 5. The fourth-order valence-electron chi connectivity index (χ4n) is 3.34. The largest absolute Gasteiger partial charge is 0.485 e. The van der Waals surface area contributed by atoms with E-state index in [2.05, 4.69) is 4.90 Å². The highest BCUT2D eigenvalue weighted by Gasteiger charge is 2.33. The molecular weight excluding hydrogens is 334 g/mol. The highest BCUT2D eigenvalue weighted by Crippen LogP contribution is 2.31. The third kappa shape index (κ3) is 4.09. The molecule has 2 heterocycles. The zero-order valence-electron chi connectivity index (χ0n) is 15.5. The number of piperazine rings is 1. The average Bonchev–Trinajstić information content (AvgIpc) is 2.68. The molecule has 2 aliphatic heterocycles.